The minimum Gasteiger partial charge on any atom is -0.507 e. The van der Waals surface area contributed by atoms with Crippen LogP contribution in [0.2, 0.25) is 0 Å². The van der Waals surface area contributed by atoms with Gasteiger partial charge in [0, 0.05) is 35.6 Å². The van der Waals surface area contributed by atoms with Crippen LogP contribution in [0.5, 0.6) is 0 Å². The number of halogens is 2. The molecular formula is C22H13F2N3O5. The van der Waals surface area contributed by atoms with Gasteiger partial charge >= 0.3 is 0 Å². The lowest BCUT2D eigenvalue weighted by Gasteiger charge is -2.24. The van der Waals surface area contributed by atoms with E-state index in [4.69, 9.17) is 0 Å². The third-order valence-corrected chi connectivity index (χ3v) is 4.92. The molecule has 0 radical (unpaired) electrons. The molecule has 0 saturated carbocycles. The Morgan fingerprint density at radius 2 is 1.81 bits per heavy atom. The summed E-state index contributed by atoms with van der Waals surface area (Å²) in [6.07, 6.45) is 1.40. The maximum absolute atomic E-state index is 13.9. The lowest BCUT2D eigenvalue weighted by atomic mass is 9.98. The summed E-state index contributed by atoms with van der Waals surface area (Å²) < 4.78 is 27.3. The zero-order valence-electron chi connectivity index (χ0n) is 16.1. The Bertz CT molecular complexity index is 1290. The van der Waals surface area contributed by atoms with Crippen LogP contribution in [0.1, 0.15) is 17.3 Å². The summed E-state index contributed by atoms with van der Waals surface area (Å²) >= 11 is 0. The van der Waals surface area contributed by atoms with Gasteiger partial charge in [-0.3, -0.25) is 29.6 Å². The van der Waals surface area contributed by atoms with E-state index in [-0.39, 0.29) is 28.2 Å². The molecule has 1 amide bonds. The van der Waals surface area contributed by atoms with E-state index in [2.05, 4.69) is 4.98 Å². The number of hydrogen-bond donors (Lipinski definition) is 1. The second-order valence-corrected chi connectivity index (χ2v) is 6.83. The average Bonchev–Trinajstić information content (AvgIpc) is 3.06. The first-order chi connectivity index (χ1) is 15.3. The first-order valence-electron chi connectivity index (χ1n) is 9.21. The van der Waals surface area contributed by atoms with Crippen molar-refractivity contribution in [1.82, 2.24) is 4.98 Å². The maximum atomic E-state index is 13.9. The number of aliphatic hydroxyl groups is 1. The molecule has 10 heteroatoms. The zero-order valence-corrected chi connectivity index (χ0v) is 16.1. The van der Waals surface area contributed by atoms with E-state index in [1.54, 1.807) is 12.1 Å². The predicted molar refractivity (Wildman–Crippen MR) is 108 cm³/mol. The largest absolute Gasteiger partial charge is 0.507 e. The van der Waals surface area contributed by atoms with Crippen molar-refractivity contribution in [3.05, 3.63) is 105 Å². The fourth-order valence-corrected chi connectivity index (χ4v) is 3.47. The summed E-state index contributed by atoms with van der Waals surface area (Å²) in [7, 11) is 0. The Hall–Kier alpha value is -4.47. The highest BCUT2D eigenvalue weighted by molar-refractivity contribution is 6.51. The molecule has 1 N–H and O–H groups in total. The number of benzene rings is 2. The minimum absolute atomic E-state index is 0.0663. The van der Waals surface area contributed by atoms with Gasteiger partial charge < -0.3 is 5.11 Å². The minimum atomic E-state index is -1.28. The van der Waals surface area contributed by atoms with Crippen molar-refractivity contribution >= 4 is 28.8 Å². The highest BCUT2D eigenvalue weighted by atomic mass is 19.2. The first kappa shape index (κ1) is 20.8. The molecule has 0 aliphatic carbocycles. The van der Waals surface area contributed by atoms with Gasteiger partial charge in [0.25, 0.3) is 17.4 Å². The molecule has 1 fully saturated rings. The standard InChI is InChI=1S/C22H13F2N3O5/c23-15-8-7-13(11-16(15)24)26-19(17-6-1-2-9-25-17)18(21(29)22(26)30)20(28)12-4-3-5-14(10-12)27(31)32/h1-11,19,28H/b20-18+. The summed E-state index contributed by atoms with van der Waals surface area (Å²) in [4.78, 5) is 41.3. The molecular weight excluding hydrogens is 424 g/mol. The molecule has 1 unspecified atom stereocenters. The van der Waals surface area contributed by atoms with Crippen molar-refractivity contribution in [2.24, 2.45) is 0 Å². The van der Waals surface area contributed by atoms with Crippen LogP contribution in [0.3, 0.4) is 0 Å². The molecule has 3 aromatic rings. The van der Waals surface area contributed by atoms with Gasteiger partial charge in [0.15, 0.2) is 11.6 Å². The number of anilines is 1. The maximum Gasteiger partial charge on any atom is 0.300 e. The van der Waals surface area contributed by atoms with Crippen molar-refractivity contribution in [2.45, 2.75) is 6.04 Å². The Labute approximate surface area is 179 Å². The van der Waals surface area contributed by atoms with E-state index in [9.17, 15) is 33.6 Å². The molecule has 160 valence electrons. The summed E-state index contributed by atoms with van der Waals surface area (Å²) in [5, 5.41) is 22.0. The number of aliphatic hydroxyl groups excluding tert-OH is 1. The number of pyridine rings is 1. The third kappa shape index (κ3) is 3.47. The fraction of sp³-hybridized carbons (Fsp3) is 0.0455. The lowest BCUT2D eigenvalue weighted by molar-refractivity contribution is -0.384. The molecule has 1 atom stereocenters. The molecule has 1 aliphatic rings. The number of ketones is 1. The molecule has 1 aromatic heterocycles. The van der Waals surface area contributed by atoms with Crippen molar-refractivity contribution in [3.8, 4) is 0 Å². The van der Waals surface area contributed by atoms with E-state index < -0.39 is 40.0 Å². The quantitative estimate of drug-likeness (QED) is 0.218. The Kier molecular flexibility index (Phi) is 5.19. The number of amides is 1. The zero-order chi connectivity index (χ0) is 23.0. The molecule has 32 heavy (non-hydrogen) atoms. The van der Waals surface area contributed by atoms with Crippen LogP contribution in [0, 0.1) is 21.7 Å². The van der Waals surface area contributed by atoms with Crippen LogP contribution >= 0.6 is 0 Å². The number of Topliss-reactive ketones (excluding diaryl/α,β-unsaturated/α-hetero) is 1. The van der Waals surface area contributed by atoms with E-state index >= 15 is 0 Å². The molecule has 2 aromatic carbocycles. The number of aromatic nitrogens is 1. The Morgan fingerprint density at radius 1 is 1.03 bits per heavy atom. The van der Waals surface area contributed by atoms with Crippen LogP contribution in [0.4, 0.5) is 20.2 Å². The summed E-state index contributed by atoms with van der Waals surface area (Å²) in [5.74, 6) is -5.24. The Morgan fingerprint density at radius 3 is 2.47 bits per heavy atom. The number of rotatable bonds is 4. The normalized spacial score (nSPS) is 17.6. The van der Waals surface area contributed by atoms with Gasteiger partial charge in [-0.15, -0.1) is 0 Å². The van der Waals surface area contributed by atoms with E-state index in [1.165, 1.54) is 30.5 Å². The second-order valence-electron chi connectivity index (χ2n) is 6.83. The third-order valence-electron chi connectivity index (χ3n) is 4.92. The van der Waals surface area contributed by atoms with Gasteiger partial charge in [0.2, 0.25) is 0 Å². The smallest absolute Gasteiger partial charge is 0.300 e. The molecule has 1 aliphatic heterocycles. The van der Waals surface area contributed by atoms with Crippen molar-refractivity contribution in [2.75, 3.05) is 4.90 Å². The second kappa shape index (κ2) is 7.99. The molecule has 4 rings (SSSR count). The van der Waals surface area contributed by atoms with E-state index in [0.29, 0.717) is 0 Å². The molecule has 0 bridgehead atoms. The number of hydrogen-bond acceptors (Lipinski definition) is 6. The summed E-state index contributed by atoms with van der Waals surface area (Å²) in [5.41, 5.74) is -0.747. The van der Waals surface area contributed by atoms with Crippen LogP contribution in [-0.2, 0) is 9.59 Å². The first-order valence-corrected chi connectivity index (χ1v) is 9.21. The van der Waals surface area contributed by atoms with Crippen LogP contribution in [0.15, 0.2) is 72.4 Å². The average molecular weight is 437 g/mol. The number of nitrogens with zero attached hydrogens (tertiary/aromatic N) is 3. The van der Waals surface area contributed by atoms with Gasteiger partial charge in [0.1, 0.15) is 11.8 Å². The Balaban J connectivity index is 1.95. The molecule has 1 saturated heterocycles. The number of carbonyl (C=O) groups is 2. The van der Waals surface area contributed by atoms with Gasteiger partial charge in [-0.05, 0) is 24.3 Å². The molecule has 0 spiro atoms. The topological polar surface area (TPSA) is 114 Å². The van der Waals surface area contributed by atoms with E-state index in [1.807, 2.05) is 0 Å². The fourth-order valence-electron chi connectivity index (χ4n) is 3.47. The van der Waals surface area contributed by atoms with Crippen molar-refractivity contribution < 1.29 is 28.4 Å². The van der Waals surface area contributed by atoms with Gasteiger partial charge in [0.05, 0.1) is 16.2 Å². The van der Waals surface area contributed by atoms with Gasteiger partial charge in [-0.2, -0.15) is 0 Å². The monoisotopic (exact) mass is 437 g/mol. The highest BCUT2D eigenvalue weighted by Gasteiger charge is 2.47. The highest BCUT2D eigenvalue weighted by Crippen LogP contribution is 2.41. The number of non-ortho nitro benzene ring substituents is 1. The number of nitro groups is 1. The number of nitro benzene ring substituents is 1. The van der Waals surface area contributed by atoms with Gasteiger partial charge in [-0.25, -0.2) is 8.78 Å². The lowest BCUT2D eigenvalue weighted by Crippen LogP contribution is -2.30. The van der Waals surface area contributed by atoms with Crippen LogP contribution in [0.25, 0.3) is 5.76 Å². The SMILES string of the molecule is O=C1C(=O)N(c2ccc(F)c(F)c2)C(c2ccccn2)/C1=C(\O)c1cccc([N+](=O)[O-])c1. The van der Waals surface area contributed by atoms with Crippen LogP contribution in [-0.4, -0.2) is 26.7 Å². The van der Waals surface area contributed by atoms with E-state index in [0.717, 1.165) is 29.2 Å². The number of carbonyl (C=O) groups excluding carboxylic acids is 2. The summed E-state index contributed by atoms with van der Waals surface area (Å²) in [6.45, 7) is 0. The van der Waals surface area contributed by atoms with Crippen molar-refractivity contribution in [3.63, 3.8) is 0 Å². The van der Waals surface area contributed by atoms with Crippen molar-refractivity contribution in [1.29, 1.82) is 0 Å². The molecule has 2 heterocycles. The van der Waals surface area contributed by atoms with Gasteiger partial charge in [-0.1, -0.05) is 18.2 Å². The molecule has 8 nitrogen and oxygen atoms in total. The summed E-state index contributed by atoms with van der Waals surface area (Å²) in [6, 6.07) is 11.0. The van der Waals surface area contributed by atoms with Crippen LogP contribution < -0.4 is 4.90 Å². The predicted octanol–water partition coefficient (Wildman–Crippen LogP) is 3.89.